The van der Waals surface area contributed by atoms with Crippen LogP contribution in [0.25, 0.3) is 0 Å². The summed E-state index contributed by atoms with van der Waals surface area (Å²) in [7, 11) is 0. The molecular weight excluding hydrogens is 384 g/mol. The number of ether oxygens (including phenoxy) is 1. The smallest absolute Gasteiger partial charge is 0.270 e. The summed E-state index contributed by atoms with van der Waals surface area (Å²) < 4.78 is 5.41. The Morgan fingerprint density at radius 1 is 0.933 bits per heavy atom. The third kappa shape index (κ3) is 4.09. The number of para-hydroxylation sites is 1. The Morgan fingerprint density at radius 2 is 1.60 bits per heavy atom. The molecule has 2 saturated heterocycles. The third-order valence-electron chi connectivity index (χ3n) is 5.80. The van der Waals surface area contributed by atoms with Gasteiger partial charge in [0.1, 0.15) is 0 Å². The number of nitro benzene ring substituents is 1. The number of non-ortho nitro benzene ring substituents is 1. The van der Waals surface area contributed by atoms with Crippen molar-refractivity contribution in [3.63, 3.8) is 0 Å². The summed E-state index contributed by atoms with van der Waals surface area (Å²) in [5.74, 6) is -0.148. The summed E-state index contributed by atoms with van der Waals surface area (Å²) in [5, 5.41) is 11.3. The molecule has 2 fully saturated rings. The number of nitro groups is 1. The summed E-state index contributed by atoms with van der Waals surface area (Å²) in [6, 6.07) is 12.8. The molecule has 158 valence electrons. The minimum Gasteiger partial charge on any atom is -0.378 e. The fraction of sp³-hybridized carbons (Fsp3) is 0.409. The second kappa shape index (κ2) is 8.71. The minimum atomic E-state index is -0.448. The van der Waals surface area contributed by atoms with Crippen LogP contribution in [0.5, 0.6) is 0 Å². The summed E-state index contributed by atoms with van der Waals surface area (Å²) in [4.78, 5) is 30.4. The standard InChI is InChI=1S/C22H26N4O4/c1-17-4-2-3-5-20(17)23-8-10-25(11-9-23)22(27)19-16-18(26(28)29)6-7-21(19)24-12-14-30-15-13-24/h2-7,16H,8-15H2,1H3. The molecule has 2 heterocycles. The maximum absolute atomic E-state index is 13.4. The van der Waals surface area contributed by atoms with Crippen LogP contribution in [-0.4, -0.2) is 68.2 Å². The van der Waals surface area contributed by atoms with Crippen LogP contribution in [0.1, 0.15) is 15.9 Å². The molecule has 2 aliphatic rings. The van der Waals surface area contributed by atoms with Gasteiger partial charge in [-0.2, -0.15) is 0 Å². The van der Waals surface area contributed by atoms with Crippen molar-refractivity contribution in [2.45, 2.75) is 6.92 Å². The lowest BCUT2D eigenvalue weighted by molar-refractivity contribution is -0.384. The Balaban J connectivity index is 1.54. The highest BCUT2D eigenvalue weighted by molar-refractivity contribution is 6.00. The highest BCUT2D eigenvalue weighted by Crippen LogP contribution is 2.28. The first-order chi connectivity index (χ1) is 14.5. The van der Waals surface area contributed by atoms with Gasteiger partial charge in [0.25, 0.3) is 11.6 Å². The van der Waals surface area contributed by atoms with E-state index in [2.05, 4.69) is 28.9 Å². The first-order valence-electron chi connectivity index (χ1n) is 10.3. The molecular formula is C22H26N4O4. The number of aryl methyl sites for hydroxylation is 1. The number of hydrogen-bond acceptors (Lipinski definition) is 6. The van der Waals surface area contributed by atoms with E-state index in [1.54, 1.807) is 11.0 Å². The van der Waals surface area contributed by atoms with Crippen LogP contribution in [-0.2, 0) is 4.74 Å². The second-order valence-electron chi connectivity index (χ2n) is 7.62. The normalized spacial score (nSPS) is 17.2. The number of piperazine rings is 1. The molecule has 0 spiro atoms. The van der Waals surface area contributed by atoms with E-state index in [-0.39, 0.29) is 11.6 Å². The Bertz CT molecular complexity index is 934. The quantitative estimate of drug-likeness (QED) is 0.570. The van der Waals surface area contributed by atoms with Gasteiger partial charge in [-0.3, -0.25) is 14.9 Å². The van der Waals surface area contributed by atoms with Gasteiger partial charge in [0.15, 0.2) is 0 Å². The molecule has 2 aromatic carbocycles. The molecule has 0 bridgehead atoms. The molecule has 0 aliphatic carbocycles. The number of carbonyl (C=O) groups excluding carboxylic acids is 1. The van der Waals surface area contributed by atoms with Gasteiger partial charge in [0, 0.05) is 57.1 Å². The minimum absolute atomic E-state index is 0.0612. The number of nitrogens with zero attached hydrogens (tertiary/aromatic N) is 4. The lowest BCUT2D eigenvalue weighted by Gasteiger charge is -2.37. The molecule has 0 radical (unpaired) electrons. The van der Waals surface area contributed by atoms with Crippen molar-refractivity contribution in [1.29, 1.82) is 0 Å². The Kier molecular flexibility index (Phi) is 5.85. The zero-order valence-electron chi connectivity index (χ0n) is 17.1. The predicted molar refractivity (Wildman–Crippen MR) is 115 cm³/mol. The van der Waals surface area contributed by atoms with E-state index in [0.717, 1.165) is 18.8 Å². The third-order valence-corrected chi connectivity index (χ3v) is 5.80. The molecule has 2 aliphatic heterocycles. The number of morpholine rings is 1. The predicted octanol–water partition coefficient (Wildman–Crippen LogP) is 2.70. The van der Waals surface area contributed by atoms with Gasteiger partial charge in [-0.1, -0.05) is 18.2 Å². The van der Waals surface area contributed by atoms with Crippen molar-refractivity contribution < 1.29 is 14.5 Å². The highest BCUT2D eigenvalue weighted by atomic mass is 16.6. The summed E-state index contributed by atoms with van der Waals surface area (Å²) >= 11 is 0. The first-order valence-corrected chi connectivity index (χ1v) is 10.3. The Morgan fingerprint density at radius 3 is 2.27 bits per heavy atom. The maximum atomic E-state index is 13.4. The number of rotatable bonds is 4. The summed E-state index contributed by atoms with van der Waals surface area (Å²) in [5.41, 5.74) is 3.49. The van der Waals surface area contributed by atoms with Crippen LogP contribution in [0.15, 0.2) is 42.5 Å². The molecule has 0 aromatic heterocycles. The average molecular weight is 410 g/mol. The van der Waals surface area contributed by atoms with E-state index >= 15 is 0 Å². The zero-order chi connectivity index (χ0) is 21.1. The lowest BCUT2D eigenvalue weighted by Crippen LogP contribution is -2.49. The topological polar surface area (TPSA) is 79.2 Å². The lowest BCUT2D eigenvalue weighted by atomic mass is 10.1. The molecule has 8 nitrogen and oxygen atoms in total. The van der Waals surface area contributed by atoms with E-state index in [0.29, 0.717) is 45.0 Å². The van der Waals surface area contributed by atoms with E-state index in [1.807, 2.05) is 12.1 Å². The molecule has 30 heavy (non-hydrogen) atoms. The summed E-state index contributed by atoms with van der Waals surface area (Å²) in [6.45, 7) is 7.22. The molecule has 0 saturated carbocycles. The highest BCUT2D eigenvalue weighted by Gasteiger charge is 2.28. The maximum Gasteiger partial charge on any atom is 0.270 e. The van der Waals surface area contributed by atoms with Gasteiger partial charge in [-0.05, 0) is 24.6 Å². The van der Waals surface area contributed by atoms with E-state index < -0.39 is 4.92 Å². The van der Waals surface area contributed by atoms with Gasteiger partial charge in [0.05, 0.1) is 29.4 Å². The zero-order valence-corrected chi connectivity index (χ0v) is 17.1. The van der Waals surface area contributed by atoms with Crippen molar-refractivity contribution in [1.82, 2.24) is 4.90 Å². The fourth-order valence-corrected chi connectivity index (χ4v) is 4.13. The SMILES string of the molecule is Cc1ccccc1N1CCN(C(=O)c2cc([N+](=O)[O-])ccc2N2CCOCC2)CC1. The van der Waals surface area contributed by atoms with Crippen molar-refractivity contribution >= 4 is 23.0 Å². The van der Waals surface area contributed by atoms with Crippen molar-refractivity contribution in [3.05, 3.63) is 63.7 Å². The van der Waals surface area contributed by atoms with Gasteiger partial charge in [0.2, 0.25) is 0 Å². The van der Waals surface area contributed by atoms with Crippen LogP contribution >= 0.6 is 0 Å². The molecule has 0 unspecified atom stereocenters. The summed E-state index contributed by atoms with van der Waals surface area (Å²) in [6.07, 6.45) is 0. The van der Waals surface area contributed by atoms with Crippen molar-refractivity contribution in [3.8, 4) is 0 Å². The number of hydrogen-bond donors (Lipinski definition) is 0. The fourth-order valence-electron chi connectivity index (χ4n) is 4.13. The Labute approximate surface area is 175 Å². The van der Waals surface area contributed by atoms with Gasteiger partial charge in [-0.15, -0.1) is 0 Å². The van der Waals surface area contributed by atoms with Gasteiger partial charge >= 0.3 is 0 Å². The van der Waals surface area contributed by atoms with Crippen LogP contribution in [0, 0.1) is 17.0 Å². The monoisotopic (exact) mass is 410 g/mol. The van der Waals surface area contributed by atoms with Gasteiger partial charge in [-0.25, -0.2) is 0 Å². The van der Waals surface area contributed by atoms with E-state index in [4.69, 9.17) is 4.74 Å². The van der Waals surface area contributed by atoms with Crippen LogP contribution in [0.3, 0.4) is 0 Å². The molecule has 0 atom stereocenters. The van der Waals surface area contributed by atoms with Crippen LogP contribution in [0.2, 0.25) is 0 Å². The van der Waals surface area contributed by atoms with Crippen molar-refractivity contribution in [2.75, 3.05) is 62.3 Å². The number of benzene rings is 2. The Hall–Kier alpha value is -3.13. The number of carbonyl (C=O) groups is 1. The van der Waals surface area contributed by atoms with Gasteiger partial charge < -0.3 is 19.4 Å². The largest absolute Gasteiger partial charge is 0.378 e. The molecule has 4 rings (SSSR count). The molecule has 0 N–H and O–H groups in total. The molecule has 2 aromatic rings. The van der Waals surface area contributed by atoms with Crippen LogP contribution in [0.4, 0.5) is 17.1 Å². The van der Waals surface area contributed by atoms with E-state index in [1.165, 1.54) is 23.4 Å². The van der Waals surface area contributed by atoms with E-state index in [9.17, 15) is 14.9 Å². The first kappa shape index (κ1) is 20.2. The molecule has 1 amide bonds. The molecule has 8 heteroatoms. The van der Waals surface area contributed by atoms with Crippen molar-refractivity contribution in [2.24, 2.45) is 0 Å². The second-order valence-corrected chi connectivity index (χ2v) is 7.62. The average Bonchev–Trinajstić information content (AvgIpc) is 2.79. The number of anilines is 2. The number of amides is 1. The van der Waals surface area contributed by atoms with Crippen LogP contribution < -0.4 is 9.80 Å².